The fourth-order valence-electron chi connectivity index (χ4n) is 2.64. The number of halogens is 1. The van der Waals surface area contributed by atoms with Crippen LogP contribution in [-0.2, 0) is 6.54 Å². The van der Waals surface area contributed by atoms with Gasteiger partial charge in [0.25, 0.3) is 0 Å². The van der Waals surface area contributed by atoms with Gasteiger partial charge in [0, 0.05) is 18.8 Å². The molecule has 0 saturated carbocycles. The molecule has 0 aromatic carbocycles. The van der Waals surface area contributed by atoms with Crippen molar-refractivity contribution in [1.29, 1.82) is 0 Å². The molecule has 2 rings (SSSR count). The second kappa shape index (κ2) is 7.07. The lowest BCUT2D eigenvalue weighted by molar-refractivity contribution is 0.132. The molecule has 1 fully saturated rings. The van der Waals surface area contributed by atoms with Gasteiger partial charge < -0.3 is 5.32 Å². The van der Waals surface area contributed by atoms with E-state index in [4.69, 9.17) is 11.6 Å². The monoisotopic (exact) mass is 267 g/mol. The van der Waals surface area contributed by atoms with Gasteiger partial charge in [0.15, 0.2) is 0 Å². The summed E-state index contributed by atoms with van der Waals surface area (Å²) in [5.41, 5.74) is 1.26. The highest BCUT2D eigenvalue weighted by Gasteiger charge is 2.21. The van der Waals surface area contributed by atoms with E-state index in [0.717, 1.165) is 13.1 Å². The lowest BCUT2D eigenvalue weighted by Gasteiger charge is -2.35. The number of likely N-dealkylation sites (tertiary alicyclic amines) is 1. The molecule has 1 N–H and O–H groups in total. The molecule has 1 aliphatic rings. The van der Waals surface area contributed by atoms with E-state index in [0.29, 0.717) is 11.2 Å². The maximum Gasteiger partial charge on any atom is 0.129 e. The topological polar surface area (TPSA) is 28.2 Å². The van der Waals surface area contributed by atoms with Gasteiger partial charge in [-0.05, 0) is 51.0 Å². The number of pyridine rings is 1. The van der Waals surface area contributed by atoms with Crippen molar-refractivity contribution in [2.75, 3.05) is 20.1 Å². The lowest BCUT2D eigenvalue weighted by atomic mass is 9.98. The van der Waals surface area contributed by atoms with Crippen molar-refractivity contribution in [3.05, 3.63) is 29.0 Å². The molecule has 4 heteroatoms. The molecule has 0 aliphatic carbocycles. The van der Waals surface area contributed by atoms with Crippen molar-refractivity contribution in [3.8, 4) is 0 Å². The SMILES string of the molecule is CNCCC1CCCCN1Cc1ccc(Cl)nc1. The highest BCUT2D eigenvalue weighted by atomic mass is 35.5. The fourth-order valence-corrected chi connectivity index (χ4v) is 2.75. The minimum Gasteiger partial charge on any atom is -0.320 e. The van der Waals surface area contributed by atoms with Crippen molar-refractivity contribution >= 4 is 11.6 Å². The van der Waals surface area contributed by atoms with Crippen LogP contribution in [-0.4, -0.2) is 36.1 Å². The summed E-state index contributed by atoms with van der Waals surface area (Å²) in [6.07, 6.45) is 7.13. The van der Waals surface area contributed by atoms with Gasteiger partial charge >= 0.3 is 0 Å². The van der Waals surface area contributed by atoms with Crippen LogP contribution in [0.3, 0.4) is 0 Å². The van der Waals surface area contributed by atoms with E-state index in [1.807, 2.05) is 19.3 Å². The average Bonchev–Trinajstić information content (AvgIpc) is 2.40. The van der Waals surface area contributed by atoms with Crippen LogP contribution in [0.15, 0.2) is 18.3 Å². The zero-order chi connectivity index (χ0) is 12.8. The Morgan fingerprint density at radius 3 is 3.06 bits per heavy atom. The molecule has 18 heavy (non-hydrogen) atoms. The van der Waals surface area contributed by atoms with Crippen molar-refractivity contribution < 1.29 is 0 Å². The predicted molar refractivity (Wildman–Crippen MR) is 75.8 cm³/mol. The van der Waals surface area contributed by atoms with Gasteiger partial charge in [0.05, 0.1) is 0 Å². The van der Waals surface area contributed by atoms with Gasteiger partial charge in [-0.1, -0.05) is 24.1 Å². The van der Waals surface area contributed by atoms with E-state index < -0.39 is 0 Å². The van der Waals surface area contributed by atoms with Gasteiger partial charge in [-0.15, -0.1) is 0 Å². The molecule has 1 unspecified atom stereocenters. The van der Waals surface area contributed by atoms with Gasteiger partial charge in [-0.3, -0.25) is 4.90 Å². The Kier molecular flexibility index (Phi) is 5.42. The molecule has 1 aromatic rings. The first-order valence-corrected chi connectivity index (χ1v) is 7.16. The van der Waals surface area contributed by atoms with E-state index in [1.165, 1.54) is 37.8 Å². The van der Waals surface area contributed by atoms with Crippen LogP contribution in [0.2, 0.25) is 5.15 Å². The molecule has 1 aliphatic heterocycles. The Morgan fingerprint density at radius 2 is 2.33 bits per heavy atom. The second-order valence-corrected chi connectivity index (χ2v) is 5.39. The molecule has 1 saturated heterocycles. The molecular weight excluding hydrogens is 246 g/mol. The summed E-state index contributed by atoms with van der Waals surface area (Å²) in [6, 6.07) is 4.67. The number of hydrogen-bond acceptors (Lipinski definition) is 3. The van der Waals surface area contributed by atoms with Crippen LogP contribution in [0, 0.1) is 0 Å². The van der Waals surface area contributed by atoms with E-state index in [-0.39, 0.29) is 0 Å². The third-order valence-electron chi connectivity index (χ3n) is 3.65. The number of piperidine rings is 1. The number of nitrogens with zero attached hydrogens (tertiary/aromatic N) is 2. The summed E-state index contributed by atoms with van der Waals surface area (Å²) in [5, 5.41) is 3.82. The molecule has 1 aromatic heterocycles. The summed E-state index contributed by atoms with van der Waals surface area (Å²) in [7, 11) is 2.02. The van der Waals surface area contributed by atoms with Gasteiger partial charge in [-0.2, -0.15) is 0 Å². The summed E-state index contributed by atoms with van der Waals surface area (Å²) >= 11 is 5.82. The Labute approximate surface area is 115 Å². The molecule has 0 bridgehead atoms. The summed E-state index contributed by atoms with van der Waals surface area (Å²) < 4.78 is 0. The van der Waals surface area contributed by atoms with Crippen LogP contribution in [0.4, 0.5) is 0 Å². The number of hydrogen-bond donors (Lipinski definition) is 1. The fraction of sp³-hybridized carbons (Fsp3) is 0.643. The van der Waals surface area contributed by atoms with Crippen LogP contribution in [0.25, 0.3) is 0 Å². The minimum atomic E-state index is 0.573. The standard InChI is InChI=1S/C14H22ClN3/c1-16-8-7-13-4-2-3-9-18(13)11-12-5-6-14(15)17-10-12/h5-6,10,13,16H,2-4,7-9,11H2,1H3. The van der Waals surface area contributed by atoms with E-state index in [1.54, 1.807) is 0 Å². The molecule has 0 radical (unpaired) electrons. The van der Waals surface area contributed by atoms with E-state index in [9.17, 15) is 0 Å². The van der Waals surface area contributed by atoms with Crippen LogP contribution in [0.1, 0.15) is 31.2 Å². The van der Waals surface area contributed by atoms with Crippen LogP contribution in [0.5, 0.6) is 0 Å². The van der Waals surface area contributed by atoms with Crippen molar-refractivity contribution in [1.82, 2.24) is 15.2 Å². The predicted octanol–water partition coefficient (Wildman–Crippen LogP) is 2.70. The maximum atomic E-state index is 5.82. The quantitative estimate of drug-likeness (QED) is 0.832. The minimum absolute atomic E-state index is 0.573. The molecular formula is C14H22ClN3. The first-order valence-electron chi connectivity index (χ1n) is 6.78. The molecule has 0 amide bonds. The average molecular weight is 268 g/mol. The highest BCUT2D eigenvalue weighted by Crippen LogP contribution is 2.21. The third-order valence-corrected chi connectivity index (χ3v) is 3.87. The maximum absolute atomic E-state index is 5.82. The summed E-state index contributed by atoms with van der Waals surface area (Å²) in [6.45, 7) is 3.30. The Morgan fingerprint density at radius 1 is 1.44 bits per heavy atom. The number of nitrogens with one attached hydrogen (secondary N) is 1. The van der Waals surface area contributed by atoms with Crippen LogP contribution < -0.4 is 5.32 Å². The number of aromatic nitrogens is 1. The first kappa shape index (κ1) is 13.8. The zero-order valence-electron chi connectivity index (χ0n) is 11.0. The summed E-state index contributed by atoms with van der Waals surface area (Å²) in [5.74, 6) is 0. The molecule has 2 heterocycles. The molecule has 1 atom stereocenters. The third kappa shape index (κ3) is 3.94. The van der Waals surface area contributed by atoms with E-state index in [2.05, 4.69) is 21.3 Å². The smallest absolute Gasteiger partial charge is 0.129 e. The summed E-state index contributed by atoms with van der Waals surface area (Å²) in [4.78, 5) is 6.75. The zero-order valence-corrected chi connectivity index (χ0v) is 11.8. The normalized spacial score (nSPS) is 21.1. The Hall–Kier alpha value is -0.640. The van der Waals surface area contributed by atoms with Gasteiger partial charge in [0.1, 0.15) is 5.15 Å². The molecule has 3 nitrogen and oxygen atoms in total. The largest absolute Gasteiger partial charge is 0.320 e. The Bertz CT molecular complexity index is 353. The molecule has 100 valence electrons. The van der Waals surface area contributed by atoms with Crippen molar-refractivity contribution in [3.63, 3.8) is 0 Å². The van der Waals surface area contributed by atoms with E-state index >= 15 is 0 Å². The second-order valence-electron chi connectivity index (χ2n) is 5.00. The van der Waals surface area contributed by atoms with Crippen molar-refractivity contribution in [2.45, 2.75) is 38.3 Å². The first-order chi connectivity index (χ1) is 8.79. The van der Waals surface area contributed by atoms with Gasteiger partial charge in [-0.25, -0.2) is 4.98 Å². The molecule has 0 spiro atoms. The number of rotatable bonds is 5. The Balaban J connectivity index is 1.94. The van der Waals surface area contributed by atoms with Crippen molar-refractivity contribution in [2.24, 2.45) is 0 Å². The van der Waals surface area contributed by atoms with Gasteiger partial charge in [0.2, 0.25) is 0 Å². The highest BCUT2D eigenvalue weighted by molar-refractivity contribution is 6.29. The van der Waals surface area contributed by atoms with Crippen LogP contribution >= 0.6 is 11.6 Å². The lowest BCUT2D eigenvalue weighted by Crippen LogP contribution is -2.40.